The van der Waals surface area contributed by atoms with Gasteiger partial charge in [-0.1, -0.05) is 18.2 Å². The van der Waals surface area contributed by atoms with Crippen LogP contribution in [0.2, 0.25) is 0 Å². The number of ketones is 2. The van der Waals surface area contributed by atoms with Gasteiger partial charge in [-0.05, 0) is 13.8 Å². The molecule has 11 heavy (non-hydrogen) atoms. The zero-order chi connectivity index (χ0) is 8.85. The number of allylic oxidation sites excluding steroid dienone is 4. The van der Waals surface area contributed by atoms with Crippen LogP contribution < -0.4 is 0 Å². The van der Waals surface area contributed by atoms with Crippen molar-refractivity contribution in [2.24, 2.45) is 0 Å². The van der Waals surface area contributed by atoms with Gasteiger partial charge in [0.2, 0.25) is 5.78 Å². The van der Waals surface area contributed by atoms with E-state index in [-0.39, 0.29) is 0 Å². The van der Waals surface area contributed by atoms with Gasteiger partial charge in [0, 0.05) is 12.5 Å². The van der Waals surface area contributed by atoms with Crippen LogP contribution >= 0.6 is 0 Å². The smallest absolute Gasteiger partial charge is 0.227 e. The standard InChI is InChI=1S/C9H12O2/c1-4-6-8(5-2)9(11)7(3)10/h4-6H,1-3H3/b6-4-,8-5+. The van der Waals surface area contributed by atoms with Gasteiger partial charge in [-0.3, -0.25) is 9.59 Å². The molecule has 0 fully saturated rings. The van der Waals surface area contributed by atoms with Crippen LogP contribution in [0.5, 0.6) is 0 Å². The van der Waals surface area contributed by atoms with Gasteiger partial charge in [0.05, 0.1) is 0 Å². The molecule has 0 bridgehead atoms. The fourth-order valence-electron chi connectivity index (χ4n) is 0.686. The van der Waals surface area contributed by atoms with Gasteiger partial charge < -0.3 is 0 Å². The average molecular weight is 152 g/mol. The second-order valence-electron chi connectivity index (χ2n) is 2.13. The first kappa shape index (κ1) is 9.82. The fourth-order valence-corrected chi connectivity index (χ4v) is 0.686. The number of hydrogen-bond acceptors (Lipinski definition) is 2. The van der Waals surface area contributed by atoms with Crippen molar-refractivity contribution in [1.29, 1.82) is 0 Å². The normalized spacial score (nSPS) is 12.1. The van der Waals surface area contributed by atoms with E-state index in [9.17, 15) is 9.59 Å². The topological polar surface area (TPSA) is 34.1 Å². The molecule has 0 aromatic heterocycles. The third-order valence-electron chi connectivity index (χ3n) is 1.24. The first-order valence-electron chi connectivity index (χ1n) is 3.47. The number of Topliss-reactive ketones (excluding diaryl/α,β-unsaturated/α-hetero) is 2. The Bertz CT molecular complexity index is 222. The summed E-state index contributed by atoms with van der Waals surface area (Å²) in [4.78, 5) is 21.6. The van der Waals surface area contributed by atoms with Crippen molar-refractivity contribution >= 4 is 11.6 Å². The Hall–Kier alpha value is -1.18. The van der Waals surface area contributed by atoms with Crippen LogP contribution in [0.25, 0.3) is 0 Å². The van der Waals surface area contributed by atoms with Gasteiger partial charge in [-0.15, -0.1) is 0 Å². The highest BCUT2D eigenvalue weighted by molar-refractivity contribution is 6.43. The van der Waals surface area contributed by atoms with E-state index in [1.807, 2.05) is 0 Å². The number of carbonyl (C=O) groups is 2. The molecule has 0 saturated carbocycles. The molecule has 2 nitrogen and oxygen atoms in total. The number of hydrogen-bond donors (Lipinski definition) is 0. The molecule has 0 N–H and O–H groups in total. The van der Waals surface area contributed by atoms with Crippen molar-refractivity contribution < 1.29 is 9.59 Å². The Morgan fingerprint density at radius 1 is 1.18 bits per heavy atom. The summed E-state index contributed by atoms with van der Waals surface area (Å²) in [6, 6.07) is 0. The number of carbonyl (C=O) groups excluding carboxylic acids is 2. The predicted molar refractivity (Wildman–Crippen MR) is 44.3 cm³/mol. The van der Waals surface area contributed by atoms with E-state index in [2.05, 4.69) is 0 Å². The second kappa shape index (κ2) is 4.61. The molecule has 0 aliphatic heterocycles. The minimum absolute atomic E-state index is 0.420. The summed E-state index contributed by atoms with van der Waals surface area (Å²) < 4.78 is 0. The zero-order valence-electron chi connectivity index (χ0n) is 7.05. The molecule has 0 aliphatic rings. The third-order valence-corrected chi connectivity index (χ3v) is 1.24. The highest BCUT2D eigenvalue weighted by Crippen LogP contribution is 1.99. The lowest BCUT2D eigenvalue weighted by Crippen LogP contribution is -2.10. The van der Waals surface area contributed by atoms with E-state index in [4.69, 9.17) is 0 Å². The average Bonchev–Trinajstić information content (AvgIpc) is 1.98. The summed E-state index contributed by atoms with van der Waals surface area (Å²) >= 11 is 0. The van der Waals surface area contributed by atoms with E-state index in [0.29, 0.717) is 5.57 Å². The summed E-state index contributed by atoms with van der Waals surface area (Å²) in [5, 5.41) is 0. The minimum atomic E-state index is -0.425. The molecular weight excluding hydrogens is 140 g/mol. The van der Waals surface area contributed by atoms with Crippen LogP contribution in [0.3, 0.4) is 0 Å². The van der Waals surface area contributed by atoms with Crippen molar-refractivity contribution in [1.82, 2.24) is 0 Å². The molecule has 0 atom stereocenters. The largest absolute Gasteiger partial charge is 0.291 e. The zero-order valence-corrected chi connectivity index (χ0v) is 7.05. The summed E-state index contributed by atoms with van der Waals surface area (Å²) in [6.07, 6.45) is 4.99. The molecule has 0 aliphatic carbocycles. The second-order valence-corrected chi connectivity index (χ2v) is 2.13. The van der Waals surface area contributed by atoms with E-state index in [0.717, 1.165) is 0 Å². The highest BCUT2D eigenvalue weighted by atomic mass is 16.2. The Labute approximate surface area is 66.6 Å². The summed E-state index contributed by atoms with van der Waals surface area (Å²) in [6.45, 7) is 4.81. The summed E-state index contributed by atoms with van der Waals surface area (Å²) in [5.41, 5.74) is 0.458. The van der Waals surface area contributed by atoms with Crippen LogP contribution in [-0.2, 0) is 9.59 Å². The monoisotopic (exact) mass is 152 g/mol. The van der Waals surface area contributed by atoms with Gasteiger partial charge >= 0.3 is 0 Å². The fraction of sp³-hybridized carbons (Fsp3) is 0.333. The van der Waals surface area contributed by atoms with Gasteiger partial charge in [0.25, 0.3) is 0 Å². The first-order valence-corrected chi connectivity index (χ1v) is 3.47. The molecule has 0 rings (SSSR count). The molecule has 0 heterocycles. The van der Waals surface area contributed by atoms with Crippen molar-refractivity contribution in [2.75, 3.05) is 0 Å². The molecule has 2 heteroatoms. The molecule has 0 amide bonds. The summed E-state index contributed by atoms with van der Waals surface area (Å²) in [5.74, 6) is -0.846. The molecule has 0 saturated heterocycles. The van der Waals surface area contributed by atoms with E-state index < -0.39 is 11.6 Å². The Balaban J connectivity index is 4.55. The molecule has 0 unspecified atom stereocenters. The minimum Gasteiger partial charge on any atom is -0.291 e. The summed E-state index contributed by atoms with van der Waals surface area (Å²) in [7, 11) is 0. The molecule has 0 aromatic carbocycles. The number of rotatable bonds is 3. The maximum absolute atomic E-state index is 11.0. The Morgan fingerprint density at radius 2 is 1.73 bits per heavy atom. The van der Waals surface area contributed by atoms with Crippen molar-refractivity contribution in [3.05, 3.63) is 23.8 Å². The van der Waals surface area contributed by atoms with Gasteiger partial charge in [0.1, 0.15) is 0 Å². The maximum Gasteiger partial charge on any atom is 0.227 e. The van der Waals surface area contributed by atoms with E-state index in [1.165, 1.54) is 6.92 Å². The van der Waals surface area contributed by atoms with Crippen LogP contribution in [-0.4, -0.2) is 11.6 Å². The third kappa shape index (κ3) is 2.94. The molecule has 0 aromatic rings. The van der Waals surface area contributed by atoms with Crippen molar-refractivity contribution in [3.63, 3.8) is 0 Å². The Kier molecular flexibility index (Phi) is 4.11. The van der Waals surface area contributed by atoms with Gasteiger partial charge in [0.15, 0.2) is 5.78 Å². The lowest BCUT2D eigenvalue weighted by atomic mass is 10.1. The van der Waals surface area contributed by atoms with Gasteiger partial charge in [-0.25, -0.2) is 0 Å². The lowest BCUT2D eigenvalue weighted by Gasteiger charge is -1.93. The highest BCUT2D eigenvalue weighted by Gasteiger charge is 2.09. The first-order chi connectivity index (χ1) is 5.13. The van der Waals surface area contributed by atoms with Crippen LogP contribution in [0.4, 0.5) is 0 Å². The predicted octanol–water partition coefficient (Wildman–Crippen LogP) is 1.67. The maximum atomic E-state index is 11.0. The van der Waals surface area contributed by atoms with Gasteiger partial charge in [-0.2, -0.15) is 0 Å². The van der Waals surface area contributed by atoms with E-state index in [1.54, 1.807) is 32.1 Å². The van der Waals surface area contributed by atoms with Crippen LogP contribution in [0.15, 0.2) is 23.8 Å². The molecule has 60 valence electrons. The molecule has 0 radical (unpaired) electrons. The van der Waals surface area contributed by atoms with E-state index >= 15 is 0 Å². The lowest BCUT2D eigenvalue weighted by molar-refractivity contribution is -0.132. The molecular formula is C9H12O2. The van der Waals surface area contributed by atoms with Crippen molar-refractivity contribution in [3.8, 4) is 0 Å². The van der Waals surface area contributed by atoms with Crippen molar-refractivity contribution in [2.45, 2.75) is 20.8 Å². The molecule has 0 spiro atoms. The van der Waals surface area contributed by atoms with Crippen LogP contribution in [0, 0.1) is 0 Å². The quantitative estimate of drug-likeness (QED) is 0.350. The Morgan fingerprint density at radius 3 is 2.00 bits per heavy atom. The SMILES string of the molecule is C/C=C\C(=C/C)C(=O)C(C)=O. The van der Waals surface area contributed by atoms with Crippen LogP contribution in [0.1, 0.15) is 20.8 Å².